The maximum absolute atomic E-state index is 12.2. The van der Waals surface area contributed by atoms with Gasteiger partial charge < -0.3 is 14.8 Å². The molecule has 1 amide bonds. The number of carbonyl (C=O) groups is 2. The number of aromatic nitrogens is 1. The number of hydrogen-bond donors (Lipinski definition) is 1. The molecule has 0 atom stereocenters. The van der Waals surface area contributed by atoms with Crippen LogP contribution >= 0.6 is 22.9 Å². The summed E-state index contributed by atoms with van der Waals surface area (Å²) < 4.78 is 11.0. The van der Waals surface area contributed by atoms with Gasteiger partial charge in [0.15, 0.2) is 0 Å². The van der Waals surface area contributed by atoms with Crippen molar-refractivity contribution in [2.75, 3.05) is 11.9 Å². The highest BCUT2D eigenvalue weighted by molar-refractivity contribution is 7.09. The highest BCUT2D eigenvalue weighted by Crippen LogP contribution is 2.22. The van der Waals surface area contributed by atoms with Crippen LogP contribution in [0.2, 0.25) is 5.02 Å². The Morgan fingerprint density at radius 2 is 1.91 bits per heavy atom. The minimum absolute atomic E-state index is 0.0893. The van der Waals surface area contributed by atoms with Crippen molar-refractivity contribution in [1.82, 2.24) is 4.98 Å². The number of ether oxygens (including phenoxy) is 2. The fourth-order valence-electron chi connectivity index (χ4n) is 2.88. The van der Waals surface area contributed by atoms with Crippen molar-refractivity contribution in [2.24, 2.45) is 0 Å². The second kappa shape index (κ2) is 11.6. The van der Waals surface area contributed by atoms with E-state index in [1.807, 2.05) is 50.2 Å². The van der Waals surface area contributed by atoms with Gasteiger partial charge in [0.05, 0.1) is 18.7 Å². The van der Waals surface area contributed by atoms with Gasteiger partial charge in [-0.2, -0.15) is 0 Å². The summed E-state index contributed by atoms with van der Waals surface area (Å²) in [5.41, 5.74) is 3.47. The van der Waals surface area contributed by atoms with E-state index < -0.39 is 0 Å². The second-order valence-electron chi connectivity index (χ2n) is 7.35. The summed E-state index contributed by atoms with van der Waals surface area (Å²) in [6.45, 7) is 4.41. The van der Waals surface area contributed by atoms with Crippen LogP contribution in [0.4, 0.5) is 5.69 Å². The number of aryl methyl sites for hydroxylation is 2. The van der Waals surface area contributed by atoms with E-state index in [2.05, 4.69) is 10.3 Å². The molecule has 0 aliphatic rings. The van der Waals surface area contributed by atoms with E-state index in [0.717, 1.165) is 22.6 Å². The highest BCUT2D eigenvalue weighted by Gasteiger charge is 2.11. The quantitative estimate of drug-likeness (QED) is 0.311. The monoisotopic (exact) mass is 472 g/mol. The van der Waals surface area contributed by atoms with E-state index in [4.69, 9.17) is 21.1 Å². The largest absolute Gasteiger partial charge is 0.493 e. The van der Waals surface area contributed by atoms with Crippen molar-refractivity contribution in [1.29, 1.82) is 0 Å². The molecule has 0 saturated carbocycles. The minimum Gasteiger partial charge on any atom is -0.493 e. The molecule has 0 radical (unpaired) electrons. The SMILES string of the molecule is Cc1ccc(NC(=O)Cc2nc(COC(=O)CCCOc3ccc(Cl)cc3C)cs2)cc1. The smallest absolute Gasteiger partial charge is 0.306 e. The first-order chi connectivity index (χ1) is 15.4. The van der Waals surface area contributed by atoms with Crippen LogP contribution in [0, 0.1) is 13.8 Å². The number of hydrogen-bond acceptors (Lipinski definition) is 6. The van der Waals surface area contributed by atoms with Crippen molar-refractivity contribution in [3.63, 3.8) is 0 Å². The Kier molecular flexibility index (Phi) is 8.64. The summed E-state index contributed by atoms with van der Waals surface area (Å²) in [5.74, 6) is 0.306. The molecule has 2 aromatic carbocycles. The third-order valence-corrected chi connectivity index (χ3v) is 5.68. The van der Waals surface area contributed by atoms with Gasteiger partial charge in [-0.1, -0.05) is 29.3 Å². The number of esters is 1. The Morgan fingerprint density at radius 3 is 2.66 bits per heavy atom. The van der Waals surface area contributed by atoms with E-state index >= 15 is 0 Å². The molecule has 0 aliphatic carbocycles. The van der Waals surface area contributed by atoms with Gasteiger partial charge in [-0.3, -0.25) is 9.59 Å². The molecule has 0 saturated heterocycles. The van der Waals surface area contributed by atoms with Crippen LogP contribution in [0.25, 0.3) is 0 Å². The summed E-state index contributed by atoms with van der Waals surface area (Å²) >= 11 is 7.30. The van der Waals surface area contributed by atoms with Crippen LogP contribution in [-0.2, 0) is 27.4 Å². The van der Waals surface area contributed by atoms with Crippen LogP contribution in [0.1, 0.15) is 34.7 Å². The molecule has 0 spiro atoms. The highest BCUT2D eigenvalue weighted by atomic mass is 35.5. The summed E-state index contributed by atoms with van der Waals surface area (Å²) in [4.78, 5) is 28.5. The number of rotatable bonds is 10. The lowest BCUT2D eigenvalue weighted by Crippen LogP contribution is -2.14. The van der Waals surface area contributed by atoms with Gasteiger partial charge in [0.2, 0.25) is 5.91 Å². The normalized spacial score (nSPS) is 10.6. The average Bonchev–Trinajstić information content (AvgIpc) is 3.19. The molecule has 0 fully saturated rings. The molecule has 3 aromatic rings. The van der Waals surface area contributed by atoms with Gasteiger partial charge in [-0.05, 0) is 56.2 Å². The number of nitrogens with one attached hydrogen (secondary N) is 1. The molecule has 6 nitrogen and oxygen atoms in total. The maximum Gasteiger partial charge on any atom is 0.306 e. The Bertz CT molecular complexity index is 1070. The number of benzene rings is 2. The third-order valence-electron chi connectivity index (χ3n) is 4.55. The number of anilines is 1. The number of carbonyl (C=O) groups excluding carboxylic acids is 2. The molecule has 1 N–H and O–H groups in total. The Labute approximate surface area is 196 Å². The van der Waals surface area contributed by atoms with E-state index in [0.29, 0.717) is 28.8 Å². The number of amides is 1. The molecular weight excluding hydrogens is 448 g/mol. The van der Waals surface area contributed by atoms with Gasteiger partial charge in [-0.15, -0.1) is 11.3 Å². The summed E-state index contributed by atoms with van der Waals surface area (Å²) in [7, 11) is 0. The van der Waals surface area contributed by atoms with Gasteiger partial charge in [0.25, 0.3) is 0 Å². The molecule has 1 heterocycles. The first-order valence-electron chi connectivity index (χ1n) is 10.2. The fourth-order valence-corrected chi connectivity index (χ4v) is 3.88. The van der Waals surface area contributed by atoms with Gasteiger partial charge in [0.1, 0.15) is 17.4 Å². The fraction of sp³-hybridized carbons (Fsp3) is 0.292. The Balaban J connectivity index is 1.34. The van der Waals surface area contributed by atoms with E-state index in [1.165, 1.54) is 11.3 Å². The van der Waals surface area contributed by atoms with E-state index in [1.54, 1.807) is 11.4 Å². The third kappa shape index (κ3) is 7.66. The van der Waals surface area contributed by atoms with Gasteiger partial charge >= 0.3 is 5.97 Å². The molecule has 0 aliphatic heterocycles. The van der Waals surface area contributed by atoms with Crippen LogP contribution in [0.3, 0.4) is 0 Å². The zero-order chi connectivity index (χ0) is 22.9. The number of nitrogens with zero attached hydrogens (tertiary/aromatic N) is 1. The Morgan fingerprint density at radius 1 is 1.12 bits per heavy atom. The lowest BCUT2D eigenvalue weighted by atomic mass is 10.2. The van der Waals surface area contributed by atoms with Crippen molar-refractivity contribution in [2.45, 2.75) is 39.7 Å². The second-order valence-corrected chi connectivity index (χ2v) is 8.73. The average molecular weight is 473 g/mol. The molecule has 8 heteroatoms. The summed E-state index contributed by atoms with van der Waals surface area (Å²) in [6, 6.07) is 13.0. The van der Waals surface area contributed by atoms with Crippen LogP contribution < -0.4 is 10.1 Å². The lowest BCUT2D eigenvalue weighted by molar-refractivity contribution is -0.145. The minimum atomic E-state index is -0.312. The van der Waals surface area contributed by atoms with Crippen molar-refractivity contribution in [3.8, 4) is 5.75 Å². The van der Waals surface area contributed by atoms with Crippen molar-refractivity contribution < 1.29 is 19.1 Å². The number of thiazole rings is 1. The molecule has 32 heavy (non-hydrogen) atoms. The van der Waals surface area contributed by atoms with Gasteiger partial charge in [0, 0.05) is 22.5 Å². The lowest BCUT2D eigenvalue weighted by Gasteiger charge is -2.09. The van der Waals surface area contributed by atoms with E-state index in [9.17, 15) is 9.59 Å². The van der Waals surface area contributed by atoms with E-state index in [-0.39, 0.29) is 31.3 Å². The molecular formula is C24H25ClN2O4S. The van der Waals surface area contributed by atoms with Crippen LogP contribution in [-0.4, -0.2) is 23.5 Å². The van der Waals surface area contributed by atoms with Crippen molar-refractivity contribution >= 4 is 40.5 Å². The summed E-state index contributed by atoms with van der Waals surface area (Å²) in [6.07, 6.45) is 0.971. The van der Waals surface area contributed by atoms with Crippen LogP contribution in [0.15, 0.2) is 47.8 Å². The topological polar surface area (TPSA) is 77.5 Å². The zero-order valence-corrected chi connectivity index (χ0v) is 19.6. The first kappa shape index (κ1) is 23.8. The summed E-state index contributed by atoms with van der Waals surface area (Å²) in [5, 5.41) is 5.98. The predicted molar refractivity (Wildman–Crippen MR) is 126 cm³/mol. The molecule has 0 unspecified atom stereocenters. The molecule has 1 aromatic heterocycles. The van der Waals surface area contributed by atoms with Gasteiger partial charge in [-0.25, -0.2) is 4.98 Å². The molecule has 168 valence electrons. The predicted octanol–water partition coefficient (Wildman–Crippen LogP) is 5.50. The molecule has 0 bridgehead atoms. The van der Waals surface area contributed by atoms with Crippen molar-refractivity contribution in [3.05, 3.63) is 74.7 Å². The Hall–Kier alpha value is -2.90. The number of halogens is 1. The standard InChI is InChI=1S/C24H25ClN2O4S/c1-16-5-8-19(9-6-16)26-22(28)13-23-27-20(15-32-23)14-31-24(29)4-3-11-30-21-10-7-18(25)12-17(21)2/h5-10,12,15H,3-4,11,13-14H2,1-2H3,(H,26,28). The maximum atomic E-state index is 12.2. The zero-order valence-electron chi connectivity index (χ0n) is 18.0. The van der Waals surface area contributed by atoms with Crippen LogP contribution in [0.5, 0.6) is 5.75 Å². The first-order valence-corrected chi connectivity index (χ1v) is 11.5. The molecule has 3 rings (SSSR count).